The minimum atomic E-state index is -2.47. The van der Waals surface area contributed by atoms with Crippen molar-refractivity contribution in [3.8, 4) is 0 Å². The van der Waals surface area contributed by atoms with Crippen molar-refractivity contribution < 1.29 is 18.8 Å². The van der Waals surface area contributed by atoms with Gasteiger partial charge in [-0.25, -0.2) is 0 Å². The van der Waals surface area contributed by atoms with E-state index in [1.165, 1.54) is 7.11 Å². The molecule has 0 rings (SSSR count). The van der Waals surface area contributed by atoms with Crippen LogP contribution < -0.4 is 0 Å². The van der Waals surface area contributed by atoms with Crippen molar-refractivity contribution in [2.45, 2.75) is 32.9 Å². The lowest BCUT2D eigenvalue weighted by atomic mass is 10.2. The fourth-order valence-electron chi connectivity index (χ4n) is 0.842. The van der Waals surface area contributed by atoms with E-state index in [0.717, 1.165) is 0 Å². The average Bonchev–Trinajstić information content (AvgIpc) is 2.12. The van der Waals surface area contributed by atoms with Crippen molar-refractivity contribution in [1.82, 2.24) is 0 Å². The van der Waals surface area contributed by atoms with Gasteiger partial charge in [-0.15, -0.1) is 0 Å². The molecule has 0 saturated carbocycles. The van der Waals surface area contributed by atoms with Crippen LogP contribution in [0.1, 0.15) is 20.3 Å². The summed E-state index contributed by atoms with van der Waals surface area (Å²) < 4.78 is 9.91. The number of carbonyl (C=O) groups excluding carboxylic acids is 1. The SMILES string of the molecule is CO[Si](C)(O)CCCOC(=O)C(C)C. The summed E-state index contributed by atoms with van der Waals surface area (Å²) in [7, 11) is -0.961. The van der Waals surface area contributed by atoms with Crippen molar-refractivity contribution in [2.75, 3.05) is 13.7 Å². The topological polar surface area (TPSA) is 55.8 Å². The van der Waals surface area contributed by atoms with Crippen molar-refractivity contribution >= 4 is 14.5 Å². The standard InChI is InChI=1S/C9H20O4Si/c1-8(2)9(10)13-6-5-7-14(4,11)12-3/h8,11H,5-7H2,1-4H3. The lowest BCUT2D eigenvalue weighted by Crippen LogP contribution is -2.33. The summed E-state index contributed by atoms with van der Waals surface area (Å²) in [6, 6.07) is 0.592. The summed E-state index contributed by atoms with van der Waals surface area (Å²) in [5.74, 6) is -0.279. The molecule has 0 aromatic carbocycles. The van der Waals surface area contributed by atoms with Gasteiger partial charge in [0.15, 0.2) is 0 Å². The normalized spacial score (nSPS) is 15.3. The van der Waals surface area contributed by atoms with Gasteiger partial charge < -0.3 is 14.0 Å². The Hall–Kier alpha value is -0.393. The lowest BCUT2D eigenvalue weighted by Gasteiger charge is -2.17. The first-order valence-corrected chi connectivity index (χ1v) is 7.39. The molecule has 1 N–H and O–H groups in total. The molecular weight excluding hydrogens is 200 g/mol. The van der Waals surface area contributed by atoms with Crippen LogP contribution in [-0.2, 0) is 14.0 Å². The van der Waals surface area contributed by atoms with Crippen LogP contribution in [-0.4, -0.2) is 33.0 Å². The predicted octanol–water partition coefficient (Wildman–Crippen LogP) is 1.29. The Balaban J connectivity index is 3.52. The molecule has 4 nitrogen and oxygen atoms in total. The van der Waals surface area contributed by atoms with Crippen LogP contribution in [0.15, 0.2) is 0 Å². The molecule has 0 bridgehead atoms. The van der Waals surface area contributed by atoms with Crippen molar-refractivity contribution in [2.24, 2.45) is 5.92 Å². The Morgan fingerprint density at radius 1 is 1.50 bits per heavy atom. The molecule has 0 aromatic heterocycles. The predicted molar refractivity (Wildman–Crippen MR) is 56.1 cm³/mol. The van der Waals surface area contributed by atoms with Crippen LogP contribution in [0.4, 0.5) is 0 Å². The number of carbonyl (C=O) groups is 1. The highest BCUT2D eigenvalue weighted by Crippen LogP contribution is 2.09. The van der Waals surface area contributed by atoms with Gasteiger partial charge in [-0.05, 0) is 19.0 Å². The monoisotopic (exact) mass is 220 g/mol. The highest BCUT2D eigenvalue weighted by atomic mass is 28.4. The lowest BCUT2D eigenvalue weighted by molar-refractivity contribution is -0.147. The zero-order valence-electron chi connectivity index (χ0n) is 9.37. The van der Waals surface area contributed by atoms with Gasteiger partial charge in [0.2, 0.25) is 0 Å². The highest BCUT2D eigenvalue weighted by molar-refractivity contribution is 6.64. The first-order chi connectivity index (χ1) is 6.39. The second-order valence-electron chi connectivity index (χ2n) is 3.80. The summed E-state index contributed by atoms with van der Waals surface area (Å²) >= 11 is 0. The molecule has 0 aliphatic heterocycles. The summed E-state index contributed by atoms with van der Waals surface area (Å²) in [6.45, 7) is 5.67. The molecule has 0 spiro atoms. The maximum atomic E-state index is 11.0. The molecule has 5 heteroatoms. The summed E-state index contributed by atoms with van der Waals surface area (Å²) in [5, 5.41) is 0. The Morgan fingerprint density at radius 2 is 2.07 bits per heavy atom. The number of hydrogen-bond donors (Lipinski definition) is 1. The number of esters is 1. The fourth-order valence-corrected chi connectivity index (χ4v) is 1.85. The van der Waals surface area contributed by atoms with E-state index in [-0.39, 0.29) is 11.9 Å². The molecule has 1 atom stereocenters. The van der Waals surface area contributed by atoms with E-state index in [2.05, 4.69) is 0 Å². The molecule has 0 amide bonds. The van der Waals surface area contributed by atoms with Gasteiger partial charge >= 0.3 is 14.5 Å². The van der Waals surface area contributed by atoms with Crippen LogP contribution in [0, 0.1) is 5.92 Å². The number of ether oxygens (including phenoxy) is 1. The van der Waals surface area contributed by atoms with Crippen LogP contribution >= 0.6 is 0 Å². The summed E-state index contributed by atoms with van der Waals surface area (Å²) in [6.07, 6.45) is 0.658. The van der Waals surface area contributed by atoms with Crippen molar-refractivity contribution in [3.05, 3.63) is 0 Å². The van der Waals surface area contributed by atoms with Crippen LogP contribution in [0.25, 0.3) is 0 Å². The first kappa shape index (κ1) is 13.6. The zero-order valence-corrected chi connectivity index (χ0v) is 10.4. The van der Waals surface area contributed by atoms with Gasteiger partial charge in [0.05, 0.1) is 12.5 Å². The third-order valence-corrected chi connectivity index (χ3v) is 4.10. The maximum absolute atomic E-state index is 11.0. The third-order valence-electron chi connectivity index (χ3n) is 1.94. The van der Waals surface area contributed by atoms with E-state index >= 15 is 0 Å². The molecule has 1 unspecified atom stereocenters. The molecule has 0 saturated heterocycles. The first-order valence-electron chi connectivity index (χ1n) is 4.83. The Labute approximate surface area is 86.5 Å². The highest BCUT2D eigenvalue weighted by Gasteiger charge is 2.24. The molecule has 0 heterocycles. The quantitative estimate of drug-likeness (QED) is 0.416. The molecule has 0 aromatic rings. The Bertz CT molecular complexity index is 180. The Morgan fingerprint density at radius 3 is 2.50 bits per heavy atom. The molecular formula is C9H20O4Si. The minimum absolute atomic E-state index is 0.0878. The van der Waals surface area contributed by atoms with Crippen molar-refractivity contribution in [1.29, 1.82) is 0 Å². The fraction of sp³-hybridized carbons (Fsp3) is 0.889. The Kier molecular flexibility index (Phi) is 5.99. The van der Waals surface area contributed by atoms with Gasteiger partial charge in [-0.2, -0.15) is 0 Å². The second-order valence-corrected chi connectivity index (χ2v) is 7.06. The molecule has 14 heavy (non-hydrogen) atoms. The van der Waals surface area contributed by atoms with Crippen LogP contribution in [0.2, 0.25) is 12.6 Å². The molecule has 84 valence electrons. The van der Waals surface area contributed by atoms with Crippen molar-refractivity contribution in [3.63, 3.8) is 0 Å². The van der Waals surface area contributed by atoms with Gasteiger partial charge in [0.25, 0.3) is 0 Å². The van der Waals surface area contributed by atoms with E-state index < -0.39 is 8.56 Å². The van der Waals surface area contributed by atoms with Gasteiger partial charge in [-0.1, -0.05) is 13.8 Å². The zero-order chi connectivity index (χ0) is 11.2. The van der Waals surface area contributed by atoms with Gasteiger partial charge in [0, 0.05) is 7.11 Å². The molecule has 0 radical (unpaired) electrons. The van der Waals surface area contributed by atoms with Crippen LogP contribution in [0.3, 0.4) is 0 Å². The summed E-state index contributed by atoms with van der Waals surface area (Å²) in [5.41, 5.74) is 0. The van der Waals surface area contributed by atoms with Crippen LogP contribution in [0.5, 0.6) is 0 Å². The molecule has 0 aliphatic rings. The van der Waals surface area contributed by atoms with E-state index in [9.17, 15) is 9.59 Å². The number of rotatable bonds is 6. The maximum Gasteiger partial charge on any atom is 0.332 e. The van der Waals surface area contributed by atoms with Gasteiger partial charge in [-0.3, -0.25) is 4.79 Å². The average molecular weight is 220 g/mol. The van der Waals surface area contributed by atoms with E-state index in [1.807, 2.05) is 0 Å². The van der Waals surface area contributed by atoms with E-state index in [1.54, 1.807) is 20.4 Å². The molecule has 0 fully saturated rings. The summed E-state index contributed by atoms with van der Waals surface area (Å²) in [4.78, 5) is 20.6. The van der Waals surface area contributed by atoms with Gasteiger partial charge in [0.1, 0.15) is 0 Å². The minimum Gasteiger partial charge on any atom is -0.465 e. The van der Waals surface area contributed by atoms with E-state index in [4.69, 9.17) is 9.16 Å². The second kappa shape index (κ2) is 6.16. The largest absolute Gasteiger partial charge is 0.465 e. The van der Waals surface area contributed by atoms with E-state index in [0.29, 0.717) is 19.1 Å². The molecule has 0 aliphatic carbocycles. The third kappa shape index (κ3) is 6.12. The number of hydrogen-bond acceptors (Lipinski definition) is 4. The smallest absolute Gasteiger partial charge is 0.332 e.